The molecule has 2 rings (SSSR count). The Morgan fingerprint density at radius 1 is 1.29 bits per heavy atom. The normalized spacial score (nSPS) is 11.4. The molecule has 2 aromatic heterocycles. The summed E-state index contributed by atoms with van der Waals surface area (Å²) in [5.74, 6) is -2.50. The summed E-state index contributed by atoms with van der Waals surface area (Å²) in [4.78, 5) is 46.1. The van der Waals surface area contributed by atoms with Gasteiger partial charge < -0.3 is 20.4 Å². The Balaban J connectivity index is 1.99. The number of hydrogen-bond acceptors (Lipinski definition) is 6. The van der Waals surface area contributed by atoms with Crippen LogP contribution >= 0.6 is 11.6 Å². The molecule has 2 aromatic rings. The highest BCUT2D eigenvalue weighted by molar-refractivity contribution is 6.39. The number of nitrogens with one attached hydrogen (secondary N) is 3. The molecule has 0 aliphatic rings. The second kappa shape index (κ2) is 8.06. The van der Waals surface area contributed by atoms with Crippen LogP contribution in [0.15, 0.2) is 30.9 Å². The molecule has 0 spiro atoms. The number of halogens is 1. The first-order chi connectivity index (χ1) is 11.5. The van der Waals surface area contributed by atoms with E-state index in [2.05, 4.69) is 30.3 Å². The smallest absolute Gasteiger partial charge is 0.328 e. The van der Waals surface area contributed by atoms with Crippen LogP contribution in [0.2, 0.25) is 5.02 Å². The average molecular weight is 352 g/mol. The molecule has 2 amide bonds. The standard InChI is InChI=1S/C14H14ClN5O4/c1-24-14(23)10(4-9-6-16-7-18-9)19-12(21)13(22)20-11-3-2-8(15)5-17-11/h2-3,5-7,10H,4H2,1H3,(H,16,18)(H,19,21)(H,17,20,22)/t10-/m0/s1. The lowest BCUT2D eigenvalue weighted by Crippen LogP contribution is -2.47. The molecule has 0 saturated carbocycles. The van der Waals surface area contributed by atoms with E-state index in [0.717, 1.165) is 0 Å². The Labute approximate surface area is 141 Å². The molecule has 1 atom stereocenters. The number of nitrogens with zero attached hydrogens (tertiary/aromatic N) is 2. The van der Waals surface area contributed by atoms with Gasteiger partial charge >= 0.3 is 17.8 Å². The van der Waals surface area contributed by atoms with Gasteiger partial charge in [0.2, 0.25) is 0 Å². The number of H-pyrrole nitrogens is 1. The van der Waals surface area contributed by atoms with Crippen LogP contribution in [0, 0.1) is 0 Å². The van der Waals surface area contributed by atoms with Gasteiger partial charge in [0.05, 0.1) is 18.5 Å². The Morgan fingerprint density at radius 3 is 2.67 bits per heavy atom. The second-order valence-corrected chi connectivity index (χ2v) is 5.08. The summed E-state index contributed by atoms with van der Waals surface area (Å²) in [5, 5.41) is 5.00. The summed E-state index contributed by atoms with van der Waals surface area (Å²) in [6, 6.07) is 1.92. The molecule has 0 saturated heterocycles. The van der Waals surface area contributed by atoms with Crippen LogP contribution in [0.1, 0.15) is 5.69 Å². The summed E-state index contributed by atoms with van der Waals surface area (Å²) < 4.78 is 4.63. The molecule has 0 aliphatic carbocycles. The molecule has 0 aromatic carbocycles. The van der Waals surface area contributed by atoms with Crippen molar-refractivity contribution in [3.05, 3.63) is 41.6 Å². The Morgan fingerprint density at radius 2 is 2.08 bits per heavy atom. The number of hydrogen-bond donors (Lipinski definition) is 3. The lowest BCUT2D eigenvalue weighted by Gasteiger charge is -2.15. The second-order valence-electron chi connectivity index (χ2n) is 4.65. The van der Waals surface area contributed by atoms with Crippen molar-refractivity contribution in [2.45, 2.75) is 12.5 Å². The minimum absolute atomic E-state index is 0.102. The first kappa shape index (κ1) is 17.4. The molecule has 2 heterocycles. The first-order valence-corrected chi connectivity index (χ1v) is 7.16. The highest BCUT2D eigenvalue weighted by atomic mass is 35.5. The maximum atomic E-state index is 12.0. The molecule has 3 N–H and O–H groups in total. The van der Waals surface area contributed by atoms with E-state index in [-0.39, 0.29) is 12.2 Å². The molecule has 0 unspecified atom stereocenters. The van der Waals surface area contributed by atoms with Gasteiger partial charge in [-0.05, 0) is 12.1 Å². The number of anilines is 1. The fraction of sp³-hybridized carbons (Fsp3) is 0.214. The third-order valence-electron chi connectivity index (χ3n) is 2.95. The van der Waals surface area contributed by atoms with Crippen molar-refractivity contribution in [3.63, 3.8) is 0 Å². The number of esters is 1. The van der Waals surface area contributed by atoms with Gasteiger partial charge in [0.25, 0.3) is 0 Å². The molecule has 9 nitrogen and oxygen atoms in total. The van der Waals surface area contributed by atoms with Gasteiger partial charge in [-0.25, -0.2) is 14.8 Å². The van der Waals surface area contributed by atoms with E-state index >= 15 is 0 Å². The fourth-order valence-electron chi connectivity index (χ4n) is 1.80. The molecule has 0 bridgehead atoms. The number of pyridine rings is 1. The lowest BCUT2D eigenvalue weighted by atomic mass is 10.1. The van der Waals surface area contributed by atoms with Gasteiger partial charge in [-0.1, -0.05) is 11.6 Å². The van der Waals surface area contributed by atoms with Crippen molar-refractivity contribution in [3.8, 4) is 0 Å². The molecular weight excluding hydrogens is 338 g/mol. The average Bonchev–Trinajstić information content (AvgIpc) is 3.08. The highest BCUT2D eigenvalue weighted by Crippen LogP contribution is 2.09. The minimum Gasteiger partial charge on any atom is -0.467 e. The van der Waals surface area contributed by atoms with Crippen LogP contribution in [0.3, 0.4) is 0 Å². The summed E-state index contributed by atoms with van der Waals surface area (Å²) in [6.45, 7) is 0. The third kappa shape index (κ3) is 4.78. The zero-order valence-electron chi connectivity index (χ0n) is 12.6. The van der Waals surface area contributed by atoms with Gasteiger partial charge in [0.1, 0.15) is 11.9 Å². The zero-order chi connectivity index (χ0) is 17.5. The molecule has 126 valence electrons. The maximum Gasteiger partial charge on any atom is 0.328 e. The number of carbonyl (C=O) groups excluding carboxylic acids is 3. The van der Waals surface area contributed by atoms with Crippen molar-refractivity contribution in [1.29, 1.82) is 0 Å². The van der Waals surface area contributed by atoms with Gasteiger partial charge in [0.15, 0.2) is 0 Å². The Kier molecular flexibility index (Phi) is 5.85. The predicted molar refractivity (Wildman–Crippen MR) is 84.1 cm³/mol. The molecule has 24 heavy (non-hydrogen) atoms. The van der Waals surface area contributed by atoms with Crippen molar-refractivity contribution < 1.29 is 19.1 Å². The number of rotatable bonds is 5. The van der Waals surface area contributed by atoms with Gasteiger partial charge in [-0.3, -0.25) is 9.59 Å². The van der Waals surface area contributed by atoms with E-state index in [1.165, 1.54) is 38.0 Å². The topological polar surface area (TPSA) is 126 Å². The molecule has 10 heteroatoms. The number of ether oxygens (including phenoxy) is 1. The first-order valence-electron chi connectivity index (χ1n) is 6.78. The fourth-order valence-corrected chi connectivity index (χ4v) is 1.91. The van der Waals surface area contributed by atoms with Crippen molar-refractivity contribution >= 4 is 35.2 Å². The third-order valence-corrected chi connectivity index (χ3v) is 3.17. The minimum atomic E-state index is -1.04. The quantitative estimate of drug-likeness (QED) is 0.525. The molecular formula is C14H14ClN5O4. The van der Waals surface area contributed by atoms with Crippen LogP contribution in [-0.2, 0) is 25.5 Å². The van der Waals surface area contributed by atoms with Crippen molar-refractivity contribution in [2.24, 2.45) is 0 Å². The Bertz CT molecular complexity index is 717. The molecule has 0 radical (unpaired) electrons. The van der Waals surface area contributed by atoms with Crippen LogP contribution in [-0.4, -0.2) is 45.9 Å². The van der Waals surface area contributed by atoms with Gasteiger partial charge in [-0.2, -0.15) is 0 Å². The van der Waals surface area contributed by atoms with Crippen LogP contribution in [0.4, 0.5) is 5.82 Å². The Hall–Kier alpha value is -2.94. The number of imidazole rings is 1. The SMILES string of the molecule is COC(=O)[C@H](Cc1cnc[nH]1)NC(=O)C(=O)Nc1ccc(Cl)cn1. The number of amides is 2. The molecule has 0 fully saturated rings. The summed E-state index contributed by atoms with van der Waals surface area (Å²) in [7, 11) is 1.19. The number of methoxy groups -OCH3 is 1. The van der Waals surface area contributed by atoms with E-state index in [9.17, 15) is 14.4 Å². The van der Waals surface area contributed by atoms with Gasteiger partial charge in [-0.15, -0.1) is 0 Å². The summed E-state index contributed by atoms with van der Waals surface area (Å²) in [6.07, 6.45) is 4.36. The van der Waals surface area contributed by atoms with Crippen molar-refractivity contribution in [1.82, 2.24) is 20.3 Å². The van der Waals surface area contributed by atoms with Crippen molar-refractivity contribution in [2.75, 3.05) is 12.4 Å². The van der Waals surface area contributed by atoms with E-state index in [0.29, 0.717) is 10.7 Å². The monoisotopic (exact) mass is 351 g/mol. The summed E-state index contributed by atoms with van der Waals surface area (Å²) in [5.41, 5.74) is 0.602. The van der Waals surface area contributed by atoms with Crippen LogP contribution in [0.5, 0.6) is 0 Å². The van der Waals surface area contributed by atoms with E-state index in [1.54, 1.807) is 0 Å². The highest BCUT2D eigenvalue weighted by Gasteiger charge is 2.25. The number of carbonyl (C=O) groups is 3. The van der Waals surface area contributed by atoms with Crippen LogP contribution in [0.25, 0.3) is 0 Å². The van der Waals surface area contributed by atoms with Gasteiger partial charge in [0, 0.05) is 24.5 Å². The number of aromatic nitrogens is 3. The lowest BCUT2D eigenvalue weighted by molar-refractivity contribution is -0.146. The van der Waals surface area contributed by atoms with E-state index in [1.807, 2.05) is 0 Å². The van der Waals surface area contributed by atoms with E-state index < -0.39 is 23.8 Å². The summed E-state index contributed by atoms with van der Waals surface area (Å²) >= 11 is 5.68. The zero-order valence-corrected chi connectivity index (χ0v) is 13.3. The van der Waals surface area contributed by atoms with Crippen LogP contribution < -0.4 is 10.6 Å². The molecule has 0 aliphatic heterocycles. The number of aromatic amines is 1. The largest absolute Gasteiger partial charge is 0.467 e. The predicted octanol–water partition coefficient (Wildman–Crippen LogP) is 0.297. The van der Waals surface area contributed by atoms with E-state index in [4.69, 9.17) is 11.6 Å². The maximum absolute atomic E-state index is 12.0.